The molecule has 1 nitrogen and oxygen atoms in total. The van der Waals surface area contributed by atoms with Crippen LogP contribution >= 0.6 is 15.8 Å². The summed E-state index contributed by atoms with van der Waals surface area (Å²) in [6.07, 6.45) is 0. The van der Waals surface area contributed by atoms with E-state index in [9.17, 15) is 0 Å². The van der Waals surface area contributed by atoms with Gasteiger partial charge in [-0.2, -0.15) is 0 Å². The van der Waals surface area contributed by atoms with E-state index in [4.69, 9.17) is 4.98 Å². The minimum atomic E-state index is -0.317. The molecule has 0 amide bonds. The van der Waals surface area contributed by atoms with E-state index in [1.807, 2.05) is 0 Å². The lowest BCUT2D eigenvalue weighted by Crippen LogP contribution is -2.19. The Morgan fingerprint density at radius 1 is 0.500 bits per heavy atom. The lowest BCUT2D eigenvalue weighted by atomic mass is 9.96. The lowest BCUT2D eigenvalue weighted by molar-refractivity contribution is 1.02. The van der Waals surface area contributed by atoms with Crippen molar-refractivity contribution in [3.63, 3.8) is 0 Å². The van der Waals surface area contributed by atoms with Gasteiger partial charge in [-0.1, -0.05) is 138 Å². The first kappa shape index (κ1) is 25.3. The van der Waals surface area contributed by atoms with Crippen LogP contribution in [0.25, 0.3) is 32.9 Å². The van der Waals surface area contributed by atoms with Crippen molar-refractivity contribution in [1.82, 2.24) is 4.98 Å². The van der Waals surface area contributed by atoms with Crippen LogP contribution in [-0.4, -0.2) is 27.6 Å². The Kier molecular flexibility index (Phi) is 7.76. The van der Waals surface area contributed by atoms with E-state index < -0.39 is 0 Å². The minimum absolute atomic E-state index is 0.317. The fraction of sp³-hybridized carbons (Fsp3) is 0.387. The van der Waals surface area contributed by atoms with Crippen LogP contribution in [0.2, 0.25) is 0 Å². The lowest BCUT2D eigenvalue weighted by Gasteiger charge is -2.29. The smallest absolute Gasteiger partial charge is 0.0793 e. The highest BCUT2D eigenvalue weighted by atomic mass is 31.1. The molecular weight excluding hydrogens is 448 g/mol. The fourth-order valence-electron chi connectivity index (χ4n) is 5.60. The van der Waals surface area contributed by atoms with Crippen LogP contribution in [0.15, 0.2) is 66.7 Å². The molecule has 3 aromatic carbocycles. The van der Waals surface area contributed by atoms with Gasteiger partial charge in [-0.15, -0.1) is 0 Å². The zero-order valence-corrected chi connectivity index (χ0v) is 23.8. The molecule has 0 N–H and O–H groups in total. The summed E-state index contributed by atoms with van der Waals surface area (Å²) in [6, 6.07) is 24.8. The molecule has 0 atom stereocenters. The summed E-state index contributed by atoms with van der Waals surface area (Å²) < 4.78 is 0. The largest absolute Gasteiger partial charge is 0.246 e. The monoisotopic (exact) mass is 487 g/mol. The van der Waals surface area contributed by atoms with E-state index in [0.29, 0.717) is 22.6 Å². The van der Waals surface area contributed by atoms with E-state index in [1.165, 1.54) is 43.5 Å². The molecule has 0 fully saturated rings. The van der Waals surface area contributed by atoms with Gasteiger partial charge in [0.1, 0.15) is 0 Å². The molecule has 3 heteroatoms. The van der Waals surface area contributed by atoms with Crippen LogP contribution in [0.3, 0.4) is 0 Å². The molecule has 0 unspecified atom stereocenters. The number of nitrogens with zero attached hydrogens (tertiary/aromatic N) is 1. The molecule has 0 radical (unpaired) electrons. The molecule has 4 rings (SSSR count). The molecular formula is C31H39NP2. The van der Waals surface area contributed by atoms with Gasteiger partial charge >= 0.3 is 0 Å². The Bertz CT molecular complexity index is 1180. The number of pyridine rings is 1. The number of hydrogen-bond acceptors (Lipinski definition) is 1. The predicted molar refractivity (Wildman–Crippen MR) is 158 cm³/mol. The normalized spacial score (nSPS) is 12.5. The SMILES string of the molecule is CC(C)P(c1cccc2c(-c3ccccc3)c3cccc(P(C(C)C)C(C)C)c3nc12)C(C)C. The molecule has 1 heterocycles. The third-order valence-electron chi connectivity index (χ3n) is 6.64. The third-order valence-corrected chi connectivity index (χ3v) is 12.9. The number of rotatable bonds is 7. The van der Waals surface area contributed by atoms with Crippen LogP contribution in [0.4, 0.5) is 0 Å². The van der Waals surface area contributed by atoms with Gasteiger partial charge in [0, 0.05) is 26.9 Å². The minimum Gasteiger partial charge on any atom is -0.246 e. The summed E-state index contributed by atoms with van der Waals surface area (Å²) in [6.45, 7) is 19.0. The van der Waals surface area contributed by atoms with Gasteiger partial charge in [0.25, 0.3) is 0 Å². The average molecular weight is 488 g/mol. The molecule has 0 aliphatic heterocycles. The van der Waals surface area contributed by atoms with E-state index in [1.54, 1.807) is 0 Å². The van der Waals surface area contributed by atoms with Crippen molar-refractivity contribution >= 4 is 48.3 Å². The highest BCUT2D eigenvalue weighted by molar-refractivity contribution is 7.67. The van der Waals surface area contributed by atoms with Crippen molar-refractivity contribution in [3.05, 3.63) is 66.7 Å². The third kappa shape index (κ3) is 4.67. The molecule has 0 saturated heterocycles. The van der Waals surface area contributed by atoms with Crippen LogP contribution in [0, 0.1) is 0 Å². The fourth-order valence-corrected chi connectivity index (χ4v) is 11.6. The number of benzene rings is 3. The summed E-state index contributed by atoms with van der Waals surface area (Å²) in [4.78, 5) is 5.57. The summed E-state index contributed by atoms with van der Waals surface area (Å²) >= 11 is 0. The maximum absolute atomic E-state index is 5.57. The molecule has 0 aliphatic carbocycles. The average Bonchev–Trinajstić information content (AvgIpc) is 2.78. The standard InChI is InChI=1S/C31H39NP2/c1-20(2)33(21(3)4)27-18-12-16-25-29(24-14-10-9-11-15-24)26-17-13-19-28(31(26)32-30(25)27)34(22(5)6)23(7)8/h9-23H,1-8H3. The zero-order valence-electron chi connectivity index (χ0n) is 22.0. The van der Waals surface area contributed by atoms with E-state index in [0.717, 1.165) is 0 Å². The van der Waals surface area contributed by atoms with Gasteiger partial charge in [-0.25, -0.2) is 4.98 Å². The molecule has 1 aromatic heterocycles. The van der Waals surface area contributed by atoms with Crippen molar-refractivity contribution in [2.24, 2.45) is 0 Å². The molecule has 4 aromatic rings. The highest BCUT2D eigenvalue weighted by Gasteiger charge is 2.26. The first-order valence-corrected chi connectivity index (χ1v) is 15.7. The van der Waals surface area contributed by atoms with Gasteiger partial charge in [0.15, 0.2) is 0 Å². The number of aromatic nitrogens is 1. The van der Waals surface area contributed by atoms with Crippen molar-refractivity contribution in [2.75, 3.05) is 0 Å². The number of hydrogen-bond donors (Lipinski definition) is 0. The Labute approximate surface area is 208 Å². The van der Waals surface area contributed by atoms with Crippen LogP contribution in [-0.2, 0) is 0 Å². The van der Waals surface area contributed by atoms with E-state index in [2.05, 4.69) is 122 Å². The van der Waals surface area contributed by atoms with Crippen molar-refractivity contribution in [3.8, 4) is 11.1 Å². The number of para-hydroxylation sites is 2. The topological polar surface area (TPSA) is 12.9 Å². The summed E-state index contributed by atoms with van der Waals surface area (Å²) in [5.41, 5.74) is 7.55. The highest BCUT2D eigenvalue weighted by Crippen LogP contribution is 2.49. The van der Waals surface area contributed by atoms with Crippen molar-refractivity contribution in [1.29, 1.82) is 0 Å². The summed E-state index contributed by atoms with van der Waals surface area (Å²) in [7, 11) is -0.635. The molecule has 0 saturated carbocycles. The first-order valence-electron chi connectivity index (χ1n) is 12.7. The molecule has 0 aliphatic rings. The maximum Gasteiger partial charge on any atom is 0.0793 e. The van der Waals surface area contributed by atoms with Gasteiger partial charge in [-0.05, 0) is 28.2 Å². The second-order valence-corrected chi connectivity index (χ2v) is 17.1. The first-order chi connectivity index (χ1) is 16.2. The predicted octanol–water partition coefficient (Wildman–Crippen LogP) is 8.90. The van der Waals surface area contributed by atoms with Crippen molar-refractivity contribution < 1.29 is 0 Å². The Hall–Kier alpha value is -1.81. The maximum atomic E-state index is 5.57. The number of fused-ring (bicyclic) bond motifs is 2. The van der Waals surface area contributed by atoms with Gasteiger partial charge in [-0.3, -0.25) is 0 Å². The van der Waals surface area contributed by atoms with E-state index >= 15 is 0 Å². The Morgan fingerprint density at radius 2 is 0.912 bits per heavy atom. The quantitative estimate of drug-likeness (QED) is 0.187. The second-order valence-electron chi connectivity index (χ2n) is 10.4. The molecule has 0 spiro atoms. The Balaban J connectivity index is 2.19. The van der Waals surface area contributed by atoms with Gasteiger partial charge in [0.2, 0.25) is 0 Å². The van der Waals surface area contributed by atoms with Gasteiger partial charge in [0.05, 0.1) is 11.0 Å². The Morgan fingerprint density at radius 3 is 1.29 bits per heavy atom. The van der Waals surface area contributed by atoms with Crippen molar-refractivity contribution in [2.45, 2.75) is 78.0 Å². The van der Waals surface area contributed by atoms with Crippen LogP contribution < -0.4 is 10.6 Å². The summed E-state index contributed by atoms with van der Waals surface area (Å²) in [5.74, 6) is 0. The second kappa shape index (κ2) is 10.4. The van der Waals surface area contributed by atoms with Gasteiger partial charge < -0.3 is 0 Å². The van der Waals surface area contributed by atoms with Crippen LogP contribution in [0.5, 0.6) is 0 Å². The summed E-state index contributed by atoms with van der Waals surface area (Å²) in [5, 5.41) is 5.51. The zero-order chi connectivity index (χ0) is 24.6. The molecule has 34 heavy (non-hydrogen) atoms. The van der Waals surface area contributed by atoms with E-state index in [-0.39, 0.29) is 15.8 Å². The van der Waals surface area contributed by atoms with Crippen LogP contribution in [0.1, 0.15) is 55.4 Å². The molecule has 178 valence electrons. The molecule has 0 bridgehead atoms.